The molecule has 0 saturated carbocycles. The van der Waals surface area contributed by atoms with Crippen molar-refractivity contribution in [3.05, 3.63) is 48.5 Å². The van der Waals surface area contributed by atoms with Crippen LogP contribution in [0.15, 0.2) is 48.5 Å². The number of ether oxygens (including phenoxy) is 4. The predicted octanol–water partition coefficient (Wildman–Crippen LogP) is 2.91. The van der Waals surface area contributed by atoms with Crippen LogP contribution in [-0.2, 0) is 9.47 Å². The first kappa shape index (κ1) is 13.6. The Hall–Kier alpha value is -2.04. The Labute approximate surface area is 129 Å². The van der Waals surface area contributed by atoms with Gasteiger partial charge in [0.2, 0.25) is 0 Å². The molecule has 0 bridgehead atoms. The Balaban J connectivity index is 1.47. The second-order valence-electron chi connectivity index (χ2n) is 5.55. The van der Waals surface area contributed by atoms with Crippen molar-refractivity contribution < 1.29 is 18.9 Å². The van der Waals surface area contributed by atoms with Crippen molar-refractivity contribution in [3.8, 4) is 22.6 Å². The summed E-state index contributed by atoms with van der Waals surface area (Å²) in [6, 6.07) is 16.1. The lowest BCUT2D eigenvalue weighted by Crippen LogP contribution is -2.05. The lowest BCUT2D eigenvalue weighted by Gasteiger charge is -2.11. The zero-order valence-corrected chi connectivity index (χ0v) is 12.2. The van der Waals surface area contributed by atoms with Crippen molar-refractivity contribution in [3.63, 3.8) is 0 Å². The number of epoxide rings is 2. The maximum absolute atomic E-state index is 5.86. The summed E-state index contributed by atoms with van der Waals surface area (Å²) in [6.45, 7) is 2.85. The molecule has 2 saturated heterocycles. The average molecular weight is 298 g/mol. The molecule has 0 N–H and O–H groups in total. The van der Waals surface area contributed by atoms with Gasteiger partial charge in [-0.05, 0) is 23.8 Å². The summed E-state index contributed by atoms with van der Waals surface area (Å²) in [4.78, 5) is 0. The molecule has 0 spiro atoms. The van der Waals surface area contributed by atoms with Gasteiger partial charge in [0, 0.05) is 5.56 Å². The third kappa shape index (κ3) is 3.40. The molecule has 4 rings (SSSR count). The number of hydrogen-bond acceptors (Lipinski definition) is 4. The van der Waals surface area contributed by atoms with Crippen LogP contribution in [0.25, 0.3) is 11.1 Å². The van der Waals surface area contributed by atoms with Crippen molar-refractivity contribution in [1.82, 2.24) is 0 Å². The summed E-state index contributed by atoms with van der Waals surface area (Å²) >= 11 is 0. The number of hydrogen-bond donors (Lipinski definition) is 0. The molecule has 2 atom stereocenters. The summed E-state index contributed by atoms with van der Waals surface area (Å²) in [6.07, 6.45) is 0.534. The molecule has 2 aromatic carbocycles. The van der Waals surface area contributed by atoms with Gasteiger partial charge in [-0.15, -0.1) is 0 Å². The summed E-state index contributed by atoms with van der Waals surface area (Å²) in [5.41, 5.74) is 2.20. The van der Waals surface area contributed by atoms with Gasteiger partial charge in [-0.2, -0.15) is 0 Å². The van der Waals surface area contributed by atoms with E-state index >= 15 is 0 Å². The summed E-state index contributed by atoms with van der Waals surface area (Å²) in [5, 5.41) is 0. The minimum absolute atomic E-state index is 0.258. The van der Waals surface area contributed by atoms with Gasteiger partial charge in [0.15, 0.2) is 0 Å². The van der Waals surface area contributed by atoms with E-state index in [1.807, 2.05) is 30.3 Å². The molecule has 0 radical (unpaired) electrons. The number of rotatable bonds is 7. The van der Waals surface area contributed by atoms with Crippen molar-refractivity contribution in [2.75, 3.05) is 26.4 Å². The van der Waals surface area contributed by atoms with Crippen molar-refractivity contribution in [2.45, 2.75) is 12.2 Å². The Morgan fingerprint density at radius 1 is 0.818 bits per heavy atom. The molecule has 0 aromatic heterocycles. The smallest absolute Gasteiger partial charge is 0.127 e. The normalized spacial score (nSPS) is 22.2. The van der Waals surface area contributed by atoms with E-state index in [2.05, 4.69) is 18.2 Å². The van der Waals surface area contributed by atoms with Crippen LogP contribution in [0.5, 0.6) is 11.5 Å². The maximum atomic E-state index is 5.86. The van der Waals surface area contributed by atoms with Crippen LogP contribution >= 0.6 is 0 Å². The highest BCUT2D eigenvalue weighted by Gasteiger charge is 2.24. The van der Waals surface area contributed by atoms with Gasteiger partial charge in [-0.3, -0.25) is 0 Å². The Bertz CT molecular complexity index is 630. The lowest BCUT2D eigenvalue weighted by molar-refractivity contribution is 0.263. The molecule has 4 nitrogen and oxygen atoms in total. The fourth-order valence-corrected chi connectivity index (χ4v) is 2.26. The molecule has 2 aromatic rings. The fraction of sp³-hybridized carbons (Fsp3) is 0.333. The second-order valence-corrected chi connectivity index (χ2v) is 5.55. The highest BCUT2D eigenvalue weighted by atomic mass is 16.6. The van der Waals surface area contributed by atoms with Crippen LogP contribution in [0.1, 0.15) is 0 Å². The molecule has 2 unspecified atom stereocenters. The van der Waals surface area contributed by atoms with Crippen molar-refractivity contribution >= 4 is 0 Å². The molecule has 4 heteroatoms. The molecule has 2 aliphatic heterocycles. The van der Waals surface area contributed by atoms with Gasteiger partial charge in [-0.1, -0.05) is 30.3 Å². The van der Waals surface area contributed by atoms with Crippen LogP contribution in [0.3, 0.4) is 0 Å². The van der Waals surface area contributed by atoms with E-state index in [9.17, 15) is 0 Å². The van der Waals surface area contributed by atoms with Crippen LogP contribution in [0, 0.1) is 0 Å². The quantitative estimate of drug-likeness (QED) is 0.737. The molecular formula is C18H18O4. The van der Waals surface area contributed by atoms with Crippen LogP contribution in [0.4, 0.5) is 0 Å². The van der Waals surface area contributed by atoms with E-state index in [1.165, 1.54) is 0 Å². The van der Waals surface area contributed by atoms with Crippen LogP contribution < -0.4 is 9.47 Å². The van der Waals surface area contributed by atoms with Gasteiger partial charge in [0.25, 0.3) is 0 Å². The SMILES string of the molecule is c1ccc(-c2ccc(OCC3CO3)cc2)c(OCC2CO2)c1. The summed E-state index contributed by atoms with van der Waals surface area (Å²) in [7, 11) is 0. The molecular weight excluding hydrogens is 280 g/mol. The summed E-state index contributed by atoms with van der Waals surface area (Å²) < 4.78 is 21.9. The predicted molar refractivity (Wildman–Crippen MR) is 82.3 cm³/mol. The van der Waals surface area contributed by atoms with Gasteiger partial charge >= 0.3 is 0 Å². The first-order valence-corrected chi connectivity index (χ1v) is 7.57. The molecule has 2 heterocycles. The third-order valence-electron chi connectivity index (χ3n) is 3.72. The molecule has 114 valence electrons. The first-order chi connectivity index (χ1) is 10.9. The van der Waals surface area contributed by atoms with E-state index in [4.69, 9.17) is 18.9 Å². The minimum atomic E-state index is 0.258. The number of benzene rings is 2. The molecule has 0 amide bonds. The third-order valence-corrected chi connectivity index (χ3v) is 3.72. The molecule has 0 aliphatic carbocycles. The average Bonchev–Trinajstić information content (AvgIpc) is 3.47. The highest BCUT2D eigenvalue weighted by Crippen LogP contribution is 2.31. The first-order valence-electron chi connectivity index (χ1n) is 7.57. The Morgan fingerprint density at radius 3 is 2.14 bits per heavy atom. The van der Waals surface area contributed by atoms with Crippen molar-refractivity contribution in [2.24, 2.45) is 0 Å². The zero-order valence-electron chi connectivity index (χ0n) is 12.2. The maximum Gasteiger partial charge on any atom is 0.127 e. The van der Waals surface area contributed by atoms with E-state index in [0.717, 1.165) is 35.8 Å². The van der Waals surface area contributed by atoms with Gasteiger partial charge in [0.1, 0.15) is 36.9 Å². The standard InChI is InChI=1S/C18H18O4/c1-2-4-18(22-12-16-11-21-16)17(3-1)13-5-7-14(8-6-13)19-9-15-10-20-15/h1-8,15-16H,9-12H2. The van der Waals surface area contributed by atoms with Crippen LogP contribution in [0.2, 0.25) is 0 Å². The van der Waals surface area contributed by atoms with Crippen LogP contribution in [-0.4, -0.2) is 38.6 Å². The van der Waals surface area contributed by atoms with Gasteiger partial charge in [0.05, 0.1) is 13.2 Å². The second kappa shape index (κ2) is 5.99. The van der Waals surface area contributed by atoms with Gasteiger partial charge < -0.3 is 18.9 Å². The molecule has 22 heavy (non-hydrogen) atoms. The highest BCUT2D eigenvalue weighted by molar-refractivity contribution is 5.70. The molecule has 2 aliphatic rings. The van der Waals surface area contributed by atoms with E-state index < -0.39 is 0 Å². The minimum Gasteiger partial charge on any atom is -0.491 e. The fourth-order valence-electron chi connectivity index (χ4n) is 2.26. The Kier molecular flexibility index (Phi) is 3.70. The van der Waals surface area contributed by atoms with Crippen molar-refractivity contribution in [1.29, 1.82) is 0 Å². The largest absolute Gasteiger partial charge is 0.491 e. The Morgan fingerprint density at radius 2 is 1.45 bits per heavy atom. The topological polar surface area (TPSA) is 43.5 Å². The zero-order chi connectivity index (χ0) is 14.8. The van der Waals surface area contributed by atoms with E-state index in [0.29, 0.717) is 13.2 Å². The van der Waals surface area contributed by atoms with Gasteiger partial charge in [-0.25, -0.2) is 0 Å². The molecule has 2 fully saturated rings. The monoisotopic (exact) mass is 298 g/mol. The number of para-hydroxylation sites is 1. The lowest BCUT2D eigenvalue weighted by atomic mass is 10.0. The van der Waals surface area contributed by atoms with E-state index in [-0.39, 0.29) is 12.2 Å². The summed E-state index contributed by atoms with van der Waals surface area (Å²) in [5.74, 6) is 1.75. The van der Waals surface area contributed by atoms with E-state index in [1.54, 1.807) is 0 Å².